The van der Waals surface area contributed by atoms with E-state index in [0.29, 0.717) is 19.4 Å². The average Bonchev–Trinajstić information content (AvgIpc) is 2.73. The van der Waals surface area contributed by atoms with Gasteiger partial charge in [0.15, 0.2) is 5.60 Å². The highest BCUT2D eigenvalue weighted by Gasteiger charge is 2.42. The summed E-state index contributed by atoms with van der Waals surface area (Å²) in [7, 11) is 0. The summed E-state index contributed by atoms with van der Waals surface area (Å²) in [5.41, 5.74) is -0.843. The van der Waals surface area contributed by atoms with E-state index in [2.05, 4.69) is 6.92 Å². The molecule has 94 valence electrons. The number of rotatable bonds is 8. The van der Waals surface area contributed by atoms with Gasteiger partial charge in [-0.05, 0) is 32.1 Å². The number of carbonyl (C=O) groups is 1. The Labute approximate surface area is 98.2 Å². The summed E-state index contributed by atoms with van der Waals surface area (Å²) in [6.45, 7) is 2.80. The topological polar surface area (TPSA) is 46.5 Å². The van der Waals surface area contributed by atoms with Crippen LogP contribution in [0.25, 0.3) is 0 Å². The van der Waals surface area contributed by atoms with Crippen molar-refractivity contribution < 1.29 is 14.6 Å². The quantitative estimate of drug-likeness (QED) is 0.648. The van der Waals surface area contributed by atoms with Crippen LogP contribution in [0.2, 0.25) is 0 Å². The van der Waals surface area contributed by atoms with E-state index in [1.807, 2.05) is 0 Å². The summed E-state index contributed by atoms with van der Waals surface area (Å²) in [5, 5.41) is 9.18. The minimum atomic E-state index is -0.843. The molecule has 0 atom stereocenters. The number of carboxylic acid groups (broad SMARTS) is 1. The third-order valence-electron chi connectivity index (χ3n) is 3.43. The molecule has 1 aliphatic rings. The van der Waals surface area contributed by atoms with E-state index in [9.17, 15) is 9.90 Å². The second kappa shape index (κ2) is 6.89. The molecule has 1 aliphatic carbocycles. The number of aliphatic carboxylic acids is 1. The predicted molar refractivity (Wildman–Crippen MR) is 63.5 cm³/mol. The van der Waals surface area contributed by atoms with Gasteiger partial charge in [0.1, 0.15) is 0 Å². The van der Waals surface area contributed by atoms with Crippen LogP contribution < -0.4 is 0 Å². The Balaban J connectivity index is 2.16. The number of hydrogen-bond acceptors (Lipinski definition) is 2. The molecule has 0 heterocycles. The second-order valence-electron chi connectivity index (χ2n) is 4.77. The van der Waals surface area contributed by atoms with Gasteiger partial charge in [0, 0.05) is 6.61 Å². The lowest BCUT2D eigenvalue weighted by Gasteiger charge is -2.24. The molecule has 0 amide bonds. The van der Waals surface area contributed by atoms with Crippen molar-refractivity contribution in [2.45, 2.75) is 70.3 Å². The lowest BCUT2D eigenvalue weighted by Crippen LogP contribution is -2.38. The van der Waals surface area contributed by atoms with E-state index in [-0.39, 0.29) is 0 Å². The van der Waals surface area contributed by atoms with Gasteiger partial charge in [-0.25, -0.2) is 4.79 Å². The molecule has 0 aliphatic heterocycles. The molecule has 1 fully saturated rings. The van der Waals surface area contributed by atoms with Gasteiger partial charge in [0.2, 0.25) is 0 Å². The van der Waals surface area contributed by atoms with E-state index >= 15 is 0 Å². The highest BCUT2D eigenvalue weighted by Crippen LogP contribution is 2.33. The Morgan fingerprint density at radius 3 is 2.38 bits per heavy atom. The first-order valence-corrected chi connectivity index (χ1v) is 6.58. The Hall–Kier alpha value is -0.570. The van der Waals surface area contributed by atoms with Crippen molar-refractivity contribution in [3.63, 3.8) is 0 Å². The van der Waals surface area contributed by atoms with Gasteiger partial charge in [-0.3, -0.25) is 0 Å². The maximum atomic E-state index is 11.2. The molecular weight excluding hydrogens is 204 g/mol. The molecule has 0 unspecified atom stereocenters. The molecule has 1 N–H and O–H groups in total. The minimum Gasteiger partial charge on any atom is -0.479 e. The Bertz CT molecular complexity index is 207. The number of carboxylic acids is 1. The molecule has 3 heteroatoms. The van der Waals surface area contributed by atoms with E-state index in [4.69, 9.17) is 4.74 Å². The molecule has 3 nitrogen and oxygen atoms in total. The summed E-state index contributed by atoms with van der Waals surface area (Å²) in [6, 6.07) is 0. The Morgan fingerprint density at radius 2 is 1.81 bits per heavy atom. The molecule has 0 aromatic carbocycles. The molecular formula is C13H24O3. The Morgan fingerprint density at radius 1 is 1.19 bits per heavy atom. The zero-order chi connectivity index (χ0) is 11.9. The maximum absolute atomic E-state index is 11.2. The molecule has 0 bridgehead atoms. The smallest absolute Gasteiger partial charge is 0.335 e. The molecule has 0 aromatic heterocycles. The number of ether oxygens (including phenoxy) is 1. The first-order valence-electron chi connectivity index (χ1n) is 6.58. The van der Waals surface area contributed by atoms with Crippen molar-refractivity contribution in [1.82, 2.24) is 0 Å². The molecule has 16 heavy (non-hydrogen) atoms. The molecule has 0 aromatic rings. The van der Waals surface area contributed by atoms with Gasteiger partial charge >= 0.3 is 5.97 Å². The standard InChI is InChI=1S/C13H24O3/c1-2-3-4-5-8-11-16-13(12(14)15)9-6-7-10-13/h2-11H2,1H3,(H,14,15). The third kappa shape index (κ3) is 3.78. The van der Waals surface area contributed by atoms with E-state index in [1.54, 1.807) is 0 Å². The minimum absolute atomic E-state index is 0.607. The fourth-order valence-corrected chi connectivity index (χ4v) is 2.34. The van der Waals surface area contributed by atoms with Crippen LogP contribution in [-0.2, 0) is 9.53 Å². The van der Waals surface area contributed by atoms with Crippen LogP contribution in [0.15, 0.2) is 0 Å². The molecule has 1 rings (SSSR count). The van der Waals surface area contributed by atoms with E-state index in [0.717, 1.165) is 25.7 Å². The number of unbranched alkanes of at least 4 members (excludes halogenated alkanes) is 4. The van der Waals surface area contributed by atoms with Gasteiger partial charge in [-0.2, -0.15) is 0 Å². The van der Waals surface area contributed by atoms with Crippen molar-refractivity contribution in [3.8, 4) is 0 Å². The number of hydrogen-bond donors (Lipinski definition) is 1. The van der Waals surface area contributed by atoms with Gasteiger partial charge in [-0.1, -0.05) is 32.6 Å². The Kier molecular flexibility index (Phi) is 5.81. The molecule has 0 spiro atoms. The lowest BCUT2D eigenvalue weighted by molar-refractivity contribution is -0.165. The van der Waals surface area contributed by atoms with Crippen LogP contribution in [0.5, 0.6) is 0 Å². The van der Waals surface area contributed by atoms with Crippen LogP contribution >= 0.6 is 0 Å². The SMILES string of the molecule is CCCCCCCOC1(C(=O)O)CCCC1. The summed E-state index contributed by atoms with van der Waals surface area (Å²) >= 11 is 0. The molecule has 0 saturated heterocycles. The van der Waals surface area contributed by atoms with Crippen LogP contribution in [0.4, 0.5) is 0 Å². The van der Waals surface area contributed by atoms with Crippen molar-refractivity contribution in [2.75, 3.05) is 6.61 Å². The van der Waals surface area contributed by atoms with Crippen LogP contribution in [0.1, 0.15) is 64.7 Å². The fourth-order valence-electron chi connectivity index (χ4n) is 2.34. The van der Waals surface area contributed by atoms with Crippen LogP contribution in [0.3, 0.4) is 0 Å². The van der Waals surface area contributed by atoms with Crippen molar-refractivity contribution in [1.29, 1.82) is 0 Å². The second-order valence-corrected chi connectivity index (χ2v) is 4.77. The summed E-state index contributed by atoms with van der Waals surface area (Å²) in [5.74, 6) is -0.765. The van der Waals surface area contributed by atoms with Gasteiger partial charge in [0.25, 0.3) is 0 Å². The monoisotopic (exact) mass is 228 g/mol. The lowest BCUT2D eigenvalue weighted by atomic mass is 10.0. The molecule has 1 saturated carbocycles. The average molecular weight is 228 g/mol. The predicted octanol–water partition coefficient (Wildman–Crippen LogP) is 3.37. The maximum Gasteiger partial charge on any atom is 0.335 e. The van der Waals surface area contributed by atoms with Crippen molar-refractivity contribution in [2.24, 2.45) is 0 Å². The summed E-state index contributed by atoms with van der Waals surface area (Å²) in [6.07, 6.45) is 9.25. The van der Waals surface area contributed by atoms with E-state index < -0.39 is 11.6 Å². The first kappa shape index (κ1) is 13.5. The third-order valence-corrected chi connectivity index (χ3v) is 3.43. The molecule has 0 radical (unpaired) electrons. The van der Waals surface area contributed by atoms with Crippen LogP contribution in [0, 0.1) is 0 Å². The van der Waals surface area contributed by atoms with Crippen molar-refractivity contribution in [3.05, 3.63) is 0 Å². The first-order chi connectivity index (χ1) is 7.71. The summed E-state index contributed by atoms with van der Waals surface area (Å²) < 4.78 is 5.63. The van der Waals surface area contributed by atoms with Crippen molar-refractivity contribution >= 4 is 5.97 Å². The normalized spacial score (nSPS) is 18.8. The van der Waals surface area contributed by atoms with Gasteiger partial charge in [-0.15, -0.1) is 0 Å². The largest absolute Gasteiger partial charge is 0.479 e. The van der Waals surface area contributed by atoms with Gasteiger partial charge in [0.05, 0.1) is 0 Å². The zero-order valence-corrected chi connectivity index (χ0v) is 10.3. The fraction of sp³-hybridized carbons (Fsp3) is 0.923. The highest BCUT2D eigenvalue weighted by atomic mass is 16.5. The highest BCUT2D eigenvalue weighted by molar-refractivity contribution is 5.77. The van der Waals surface area contributed by atoms with Crippen LogP contribution in [-0.4, -0.2) is 23.3 Å². The summed E-state index contributed by atoms with van der Waals surface area (Å²) in [4.78, 5) is 11.2. The van der Waals surface area contributed by atoms with E-state index in [1.165, 1.54) is 19.3 Å². The zero-order valence-electron chi connectivity index (χ0n) is 10.3. The van der Waals surface area contributed by atoms with Gasteiger partial charge < -0.3 is 9.84 Å².